The SMILES string of the molecule is COc1ccc(CN(Cc2ccc(OC)cc2)C(=O)Nc2cccc(OC)c2)cc1. The Morgan fingerprint density at radius 3 is 1.70 bits per heavy atom. The molecule has 3 aromatic rings. The summed E-state index contributed by atoms with van der Waals surface area (Å²) in [6.45, 7) is 0.900. The molecule has 0 aromatic heterocycles. The Hall–Kier alpha value is -3.67. The van der Waals surface area contributed by atoms with Crippen molar-refractivity contribution in [2.45, 2.75) is 13.1 Å². The smallest absolute Gasteiger partial charge is 0.322 e. The molecule has 1 N–H and O–H groups in total. The third-order valence-electron chi connectivity index (χ3n) is 4.67. The van der Waals surface area contributed by atoms with Crippen LogP contribution in [0, 0.1) is 0 Å². The predicted octanol–water partition coefficient (Wildman–Crippen LogP) is 4.95. The molecule has 156 valence electrons. The van der Waals surface area contributed by atoms with Crippen molar-refractivity contribution in [3.8, 4) is 17.2 Å². The molecule has 0 atom stereocenters. The van der Waals surface area contributed by atoms with Crippen molar-refractivity contribution in [3.63, 3.8) is 0 Å². The topological polar surface area (TPSA) is 60.0 Å². The molecule has 0 aliphatic heterocycles. The predicted molar refractivity (Wildman–Crippen MR) is 117 cm³/mol. The number of rotatable bonds is 8. The summed E-state index contributed by atoms with van der Waals surface area (Å²) in [5, 5.41) is 2.96. The van der Waals surface area contributed by atoms with Crippen LogP contribution in [0.15, 0.2) is 72.8 Å². The van der Waals surface area contributed by atoms with E-state index in [0.29, 0.717) is 24.5 Å². The van der Waals surface area contributed by atoms with E-state index in [1.54, 1.807) is 32.3 Å². The molecular weight excluding hydrogens is 380 g/mol. The number of ether oxygens (including phenoxy) is 3. The molecule has 2 amide bonds. The zero-order chi connectivity index (χ0) is 21.3. The third-order valence-corrected chi connectivity index (χ3v) is 4.67. The molecule has 0 radical (unpaired) electrons. The van der Waals surface area contributed by atoms with Gasteiger partial charge in [-0.3, -0.25) is 0 Å². The van der Waals surface area contributed by atoms with Crippen molar-refractivity contribution < 1.29 is 19.0 Å². The van der Waals surface area contributed by atoms with Crippen LogP contribution in [0.3, 0.4) is 0 Å². The maximum atomic E-state index is 13.1. The van der Waals surface area contributed by atoms with E-state index in [4.69, 9.17) is 14.2 Å². The van der Waals surface area contributed by atoms with Gasteiger partial charge < -0.3 is 24.4 Å². The fraction of sp³-hybridized carbons (Fsp3) is 0.208. The summed E-state index contributed by atoms with van der Waals surface area (Å²) in [6.07, 6.45) is 0. The van der Waals surface area contributed by atoms with Crippen molar-refractivity contribution in [2.24, 2.45) is 0 Å². The van der Waals surface area contributed by atoms with E-state index in [9.17, 15) is 4.79 Å². The molecule has 6 nitrogen and oxygen atoms in total. The van der Waals surface area contributed by atoms with Gasteiger partial charge in [0.2, 0.25) is 0 Å². The summed E-state index contributed by atoms with van der Waals surface area (Å²) in [4.78, 5) is 14.8. The van der Waals surface area contributed by atoms with Gasteiger partial charge in [0.05, 0.1) is 21.3 Å². The number of nitrogens with zero attached hydrogens (tertiary/aromatic N) is 1. The maximum absolute atomic E-state index is 13.1. The molecule has 30 heavy (non-hydrogen) atoms. The monoisotopic (exact) mass is 406 g/mol. The Morgan fingerprint density at radius 1 is 0.733 bits per heavy atom. The number of anilines is 1. The first-order valence-corrected chi connectivity index (χ1v) is 9.57. The molecule has 0 bridgehead atoms. The Morgan fingerprint density at radius 2 is 1.23 bits per heavy atom. The van der Waals surface area contributed by atoms with Crippen molar-refractivity contribution in [2.75, 3.05) is 26.6 Å². The number of benzene rings is 3. The standard InChI is InChI=1S/C24H26N2O4/c1-28-21-11-7-18(8-12-21)16-26(17-19-9-13-22(29-2)14-10-19)24(27)25-20-5-4-6-23(15-20)30-3/h4-15H,16-17H2,1-3H3,(H,25,27). The van der Waals surface area contributed by atoms with Crippen molar-refractivity contribution in [1.29, 1.82) is 0 Å². The summed E-state index contributed by atoms with van der Waals surface area (Å²) in [5.74, 6) is 2.24. The Kier molecular flexibility index (Phi) is 7.16. The number of nitrogens with one attached hydrogen (secondary N) is 1. The maximum Gasteiger partial charge on any atom is 0.322 e. The average molecular weight is 406 g/mol. The van der Waals surface area contributed by atoms with Crippen LogP contribution in [0.5, 0.6) is 17.2 Å². The van der Waals surface area contributed by atoms with Crippen LogP contribution in [0.25, 0.3) is 0 Å². The van der Waals surface area contributed by atoms with Crippen LogP contribution in [-0.4, -0.2) is 32.3 Å². The van der Waals surface area contributed by atoms with Gasteiger partial charge in [-0.1, -0.05) is 30.3 Å². The molecule has 0 unspecified atom stereocenters. The van der Waals surface area contributed by atoms with Crippen LogP contribution in [0.4, 0.5) is 10.5 Å². The van der Waals surface area contributed by atoms with Gasteiger partial charge in [0.15, 0.2) is 0 Å². The highest BCUT2D eigenvalue weighted by atomic mass is 16.5. The summed E-state index contributed by atoms with van der Waals surface area (Å²) < 4.78 is 15.7. The first-order valence-electron chi connectivity index (χ1n) is 9.57. The Labute approximate surface area is 177 Å². The van der Waals surface area contributed by atoms with Gasteiger partial charge in [0.1, 0.15) is 17.2 Å². The van der Waals surface area contributed by atoms with Gasteiger partial charge in [0, 0.05) is 24.8 Å². The number of hydrogen-bond acceptors (Lipinski definition) is 4. The highest BCUT2D eigenvalue weighted by Crippen LogP contribution is 2.20. The molecule has 0 fully saturated rings. The number of carbonyl (C=O) groups excluding carboxylic acids is 1. The van der Waals surface area contributed by atoms with Crippen LogP contribution in [0.2, 0.25) is 0 Å². The van der Waals surface area contributed by atoms with Crippen LogP contribution in [-0.2, 0) is 13.1 Å². The molecule has 0 heterocycles. The van der Waals surface area contributed by atoms with Gasteiger partial charge in [-0.2, -0.15) is 0 Å². The fourth-order valence-electron chi connectivity index (χ4n) is 3.01. The minimum Gasteiger partial charge on any atom is -0.497 e. The minimum atomic E-state index is -0.199. The molecule has 0 aliphatic rings. The lowest BCUT2D eigenvalue weighted by molar-refractivity contribution is 0.206. The van der Waals surface area contributed by atoms with E-state index in [-0.39, 0.29) is 6.03 Å². The number of carbonyl (C=O) groups is 1. The number of methoxy groups -OCH3 is 3. The number of amides is 2. The number of hydrogen-bond donors (Lipinski definition) is 1. The largest absolute Gasteiger partial charge is 0.497 e. The van der Waals surface area contributed by atoms with Crippen LogP contribution >= 0.6 is 0 Å². The minimum absolute atomic E-state index is 0.199. The zero-order valence-corrected chi connectivity index (χ0v) is 17.4. The summed E-state index contributed by atoms with van der Waals surface area (Å²) in [7, 11) is 4.86. The molecule has 0 saturated heterocycles. The highest BCUT2D eigenvalue weighted by molar-refractivity contribution is 5.89. The molecule has 0 saturated carbocycles. The van der Waals surface area contributed by atoms with Gasteiger partial charge in [-0.15, -0.1) is 0 Å². The van der Waals surface area contributed by atoms with Gasteiger partial charge in [-0.25, -0.2) is 4.79 Å². The zero-order valence-electron chi connectivity index (χ0n) is 17.4. The van der Waals surface area contributed by atoms with Gasteiger partial charge in [0.25, 0.3) is 0 Å². The molecule has 3 aromatic carbocycles. The van der Waals surface area contributed by atoms with E-state index in [0.717, 1.165) is 22.6 Å². The summed E-state index contributed by atoms with van der Waals surface area (Å²) in [6, 6.07) is 22.5. The lowest BCUT2D eigenvalue weighted by atomic mass is 10.1. The van der Waals surface area contributed by atoms with E-state index in [1.165, 1.54) is 0 Å². The normalized spacial score (nSPS) is 10.2. The lowest BCUT2D eigenvalue weighted by Gasteiger charge is -2.24. The first kappa shape index (κ1) is 21.0. The van der Waals surface area contributed by atoms with Crippen molar-refractivity contribution >= 4 is 11.7 Å². The molecule has 3 rings (SSSR count). The molecule has 6 heteroatoms. The second-order valence-electron chi connectivity index (χ2n) is 6.71. The van der Waals surface area contributed by atoms with Gasteiger partial charge in [-0.05, 0) is 47.5 Å². The summed E-state index contributed by atoms with van der Waals surface area (Å²) >= 11 is 0. The van der Waals surface area contributed by atoms with Crippen LogP contribution in [0.1, 0.15) is 11.1 Å². The van der Waals surface area contributed by atoms with E-state index < -0.39 is 0 Å². The third kappa shape index (κ3) is 5.67. The molecule has 0 spiro atoms. The van der Waals surface area contributed by atoms with E-state index >= 15 is 0 Å². The lowest BCUT2D eigenvalue weighted by Crippen LogP contribution is -2.34. The van der Waals surface area contributed by atoms with Crippen LogP contribution < -0.4 is 19.5 Å². The van der Waals surface area contributed by atoms with Crippen molar-refractivity contribution in [3.05, 3.63) is 83.9 Å². The molecule has 0 aliphatic carbocycles. The second-order valence-corrected chi connectivity index (χ2v) is 6.71. The summed E-state index contributed by atoms with van der Waals surface area (Å²) in [5.41, 5.74) is 2.68. The van der Waals surface area contributed by atoms with E-state index in [2.05, 4.69) is 5.32 Å². The van der Waals surface area contributed by atoms with E-state index in [1.807, 2.05) is 66.7 Å². The highest BCUT2D eigenvalue weighted by Gasteiger charge is 2.16. The average Bonchev–Trinajstić information content (AvgIpc) is 2.79. The fourth-order valence-corrected chi connectivity index (χ4v) is 3.01. The van der Waals surface area contributed by atoms with Crippen molar-refractivity contribution in [1.82, 2.24) is 4.90 Å². The Bertz CT molecular complexity index is 906. The molecular formula is C24H26N2O4. The van der Waals surface area contributed by atoms with Gasteiger partial charge >= 0.3 is 6.03 Å². The second kappa shape index (κ2) is 10.2. The first-order chi connectivity index (χ1) is 14.6. The Balaban J connectivity index is 1.79. The number of urea groups is 1. The quantitative estimate of drug-likeness (QED) is 0.575.